The highest BCUT2D eigenvalue weighted by Crippen LogP contribution is 2.20. The molecule has 0 atom stereocenters. The Morgan fingerprint density at radius 3 is 2.79 bits per heavy atom. The second kappa shape index (κ2) is 8.42. The third-order valence-electron chi connectivity index (χ3n) is 3.79. The maximum Gasteiger partial charge on any atom is 0.274 e. The molecule has 29 heavy (non-hydrogen) atoms. The van der Waals surface area contributed by atoms with Gasteiger partial charge in [0.15, 0.2) is 5.69 Å². The molecule has 3 aromatic rings. The maximum absolute atomic E-state index is 12.6. The summed E-state index contributed by atoms with van der Waals surface area (Å²) in [6.07, 6.45) is 0.390. The summed E-state index contributed by atoms with van der Waals surface area (Å²) in [6.45, 7) is -0.528. The molecule has 0 aliphatic rings. The summed E-state index contributed by atoms with van der Waals surface area (Å²) in [5, 5.41) is 8.98. The van der Waals surface area contributed by atoms with Crippen LogP contribution in [-0.4, -0.2) is 44.5 Å². The number of anilines is 2. The van der Waals surface area contributed by atoms with E-state index in [0.29, 0.717) is 11.3 Å². The summed E-state index contributed by atoms with van der Waals surface area (Å²) in [6, 6.07) is 7.99. The standard InChI is InChI=1S/C18H17F2N7O2/c1-27-9-13(16(26-27)17(21)28)25-18(29)12-4-2-3-11(24-12)10-5-6-22-15(7-10)23-8-14(19)20/h2-7,9,14H,8H2,1H3,(H2,21,28)(H,22,23)(H,25,29). The maximum atomic E-state index is 12.6. The zero-order valence-electron chi connectivity index (χ0n) is 15.3. The molecule has 0 aliphatic carbocycles. The Morgan fingerprint density at radius 2 is 2.07 bits per heavy atom. The smallest absolute Gasteiger partial charge is 0.274 e. The Balaban J connectivity index is 1.82. The molecule has 0 unspecified atom stereocenters. The molecular formula is C18H17F2N7O2. The number of rotatable bonds is 7. The highest BCUT2D eigenvalue weighted by Gasteiger charge is 2.17. The Kier molecular flexibility index (Phi) is 5.77. The number of hydrogen-bond acceptors (Lipinski definition) is 6. The Bertz CT molecular complexity index is 1050. The second-order valence-corrected chi connectivity index (χ2v) is 5.99. The minimum atomic E-state index is -2.51. The summed E-state index contributed by atoms with van der Waals surface area (Å²) in [7, 11) is 1.59. The molecule has 3 rings (SSSR count). The van der Waals surface area contributed by atoms with Crippen LogP contribution in [0.5, 0.6) is 0 Å². The van der Waals surface area contributed by atoms with Crippen molar-refractivity contribution in [2.24, 2.45) is 12.8 Å². The van der Waals surface area contributed by atoms with E-state index in [4.69, 9.17) is 5.73 Å². The first-order chi connectivity index (χ1) is 13.8. The van der Waals surface area contributed by atoms with Gasteiger partial charge in [0.25, 0.3) is 18.2 Å². The lowest BCUT2D eigenvalue weighted by Gasteiger charge is -2.08. The van der Waals surface area contributed by atoms with E-state index in [9.17, 15) is 18.4 Å². The van der Waals surface area contributed by atoms with Gasteiger partial charge in [0.1, 0.15) is 11.5 Å². The first-order valence-corrected chi connectivity index (χ1v) is 8.44. The van der Waals surface area contributed by atoms with Gasteiger partial charge in [0, 0.05) is 25.0 Å². The van der Waals surface area contributed by atoms with E-state index in [-0.39, 0.29) is 22.9 Å². The van der Waals surface area contributed by atoms with Crippen LogP contribution in [0.1, 0.15) is 21.0 Å². The second-order valence-electron chi connectivity index (χ2n) is 5.99. The Hall–Kier alpha value is -3.89. The molecule has 150 valence electrons. The van der Waals surface area contributed by atoms with Crippen LogP contribution in [0.4, 0.5) is 20.3 Å². The van der Waals surface area contributed by atoms with Crippen LogP contribution in [0.3, 0.4) is 0 Å². The molecule has 0 aliphatic heterocycles. The van der Waals surface area contributed by atoms with Crippen molar-refractivity contribution in [3.05, 3.63) is 54.1 Å². The molecule has 3 heterocycles. The largest absolute Gasteiger partial charge is 0.364 e. The highest BCUT2D eigenvalue weighted by molar-refractivity contribution is 6.07. The average molecular weight is 401 g/mol. The van der Waals surface area contributed by atoms with E-state index in [0.717, 1.165) is 0 Å². The van der Waals surface area contributed by atoms with Crippen molar-refractivity contribution >= 4 is 23.3 Å². The third-order valence-corrected chi connectivity index (χ3v) is 3.79. The third kappa shape index (κ3) is 4.89. The molecule has 0 aromatic carbocycles. The number of aryl methyl sites for hydroxylation is 1. The van der Waals surface area contributed by atoms with Gasteiger partial charge in [-0.25, -0.2) is 18.7 Å². The SMILES string of the molecule is Cn1cc(NC(=O)c2cccc(-c3ccnc(NCC(F)F)c3)n2)c(C(N)=O)n1. The number of primary amides is 1. The van der Waals surface area contributed by atoms with E-state index in [1.54, 1.807) is 31.3 Å². The van der Waals surface area contributed by atoms with E-state index >= 15 is 0 Å². The van der Waals surface area contributed by atoms with Gasteiger partial charge in [-0.1, -0.05) is 6.07 Å². The van der Waals surface area contributed by atoms with Gasteiger partial charge >= 0.3 is 0 Å². The molecule has 0 saturated heterocycles. The minimum absolute atomic E-state index is 0.0686. The minimum Gasteiger partial charge on any atom is -0.364 e. The lowest BCUT2D eigenvalue weighted by molar-refractivity contribution is 0.0995. The molecule has 3 aromatic heterocycles. The highest BCUT2D eigenvalue weighted by atomic mass is 19.3. The molecule has 0 spiro atoms. The van der Waals surface area contributed by atoms with Crippen molar-refractivity contribution in [3.8, 4) is 11.3 Å². The molecule has 4 N–H and O–H groups in total. The van der Waals surface area contributed by atoms with Crippen LogP contribution < -0.4 is 16.4 Å². The number of nitrogens with two attached hydrogens (primary N) is 1. The first-order valence-electron chi connectivity index (χ1n) is 8.44. The van der Waals surface area contributed by atoms with E-state index in [1.165, 1.54) is 23.1 Å². The molecule has 11 heteroatoms. The van der Waals surface area contributed by atoms with Gasteiger partial charge < -0.3 is 16.4 Å². The van der Waals surface area contributed by atoms with Gasteiger partial charge in [0.2, 0.25) is 0 Å². The predicted octanol–water partition coefficient (Wildman–Crippen LogP) is 1.91. The lowest BCUT2D eigenvalue weighted by Crippen LogP contribution is -2.18. The number of amides is 2. The van der Waals surface area contributed by atoms with E-state index < -0.39 is 24.8 Å². The summed E-state index contributed by atoms with van der Waals surface area (Å²) < 4.78 is 26.1. The summed E-state index contributed by atoms with van der Waals surface area (Å²) in [5.41, 5.74) is 6.48. The molecule has 9 nitrogen and oxygen atoms in total. The number of carbonyl (C=O) groups excluding carboxylic acids is 2. The number of hydrogen-bond donors (Lipinski definition) is 3. The van der Waals surface area contributed by atoms with Crippen LogP contribution in [0.15, 0.2) is 42.7 Å². The van der Waals surface area contributed by atoms with Crippen molar-refractivity contribution in [1.29, 1.82) is 0 Å². The molecule has 2 amide bonds. The van der Waals surface area contributed by atoms with Crippen LogP contribution in [0.2, 0.25) is 0 Å². The fraction of sp³-hybridized carbons (Fsp3) is 0.167. The van der Waals surface area contributed by atoms with Crippen LogP contribution in [0, 0.1) is 0 Å². The monoisotopic (exact) mass is 401 g/mol. The van der Waals surface area contributed by atoms with E-state index in [2.05, 4.69) is 25.7 Å². The van der Waals surface area contributed by atoms with Crippen molar-refractivity contribution < 1.29 is 18.4 Å². The van der Waals surface area contributed by atoms with Crippen molar-refractivity contribution in [1.82, 2.24) is 19.7 Å². The zero-order chi connectivity index (χ0) is 21.0. The van der Waals surface area contributed by atoms with Crippen LogP contribution >= 0.6 is 0 Å². The molecular weight excluding hydrogens is 384 g/mol. The van der Waals surface area contributed by atoms with Crippen LogP contribution in [0.25, 0.3) is 11.3 Å². The van der Waals surface area contributed by atoms with Crippen molar-refractivity contribution in [2.45, 2.75) is 6.43 Å². The van der Waals surface area contributed by atoms with Crippen molar-refractivity contribution in [3.63, 3.8) is 0 Å². The average Bonchev–Trinajstić information content (AvgIpc) is 3.07. The van der Waals surface area contributed by atoms with Crippen LogP contribution in [-0.2, 0) is 7.05 Å². The van der Waals surface area contributed by atoms with E-state index in [1.807, 2.05) is 0 Å². The number of carbonyl (C=O) groups is 2. The van der Waals surface area contributed by atoms with Gasteiger partial charge in [-0.3, -0.25) is 14.3 Å². The molecule has 0 saturated carbocycles. The Labute approximate surface area is 164 Å². The van der Waals surface area contributed by atoms with Crippen molar-refractivity contribution in [2.75, 3.05) is 17.2 Å². The summed E-state index contributed by atoms with van der Waals surface area (Å²) >= 11 is 0. The molecule has 0 bridgehead atoms. The first kappa shape index (κ1) is 19.9. The topological polar surface area (TPSA) is 128 Å². The quantitative estimate of drug-likeness (QED) is 0.555. The van der Waals surface area contributed by atoms with Gasteiger partial charge in [-0.15, -0.1) is 0 Å². The lowest BCUT2D eigenvalue weighted by atomic mass is 10.1. The number of pyridine rings is 2. The number of nitrogens with zero attached hydrogens (tertiary/aromatic N) is 4. The number of halogens is 2. The fourth-order valence-electron chi connectivity index (χ4n) is 2.54. The van der Waals surface area contributed by atoms with Gasteiger partial charge in [0.05, 0.1) is 17.9 Å². The normalized spacial score (nSPS) is 10.8. The number of aromatic nitrogens is 4. The molecule has 0 fully saturated rings. The molecule has 0 radical (unpaired) electrons. The van der Waals surface area contributed by atoms with Gasteiger partial charge in [-0.05, 0) is 24.3 Å². The number of nitrogens with one attached hydrogen (secondary N) is 2. The van der Waals surface area contributed by atoms with Gasteiger partial charge in [-0.2, -0.15) is 5.10 Å². The zero-order valence-corrected chi connectivity index (χ0v) is 15.3. The fourth-order valence-corrected chi connectivity index (χ4v) is 2.54. The summed E-state index contributed by atoms with van der Waals surface area (Å²) in [5.74, 6) is -1.07. The number of alkyl halides is 2. The summed E-state index contributed by atoms with van der Waals surface area (Å²) in [4.78, 5) is 32.3. The Morgan fingerprint density at radius 1 is 1.28 bits per heavy atom. The predicted molar refractivity (Wildman–Crippen MR) is 102 cm³/mol.